The van der Waals surface area contributed by atoms with Crippen LogP contribution in [0.2, 0.25) is 0 Å². The summed E-state index contributed by atoms with van der Waals surface area (Å²) in [5, 5.41) is 159. The van der Waals surface area contributed by atoms with Gasteiger partial charge in [0.25, 0.3) is 0 Å². The Morgan fingerprint density at radius 1 is 0.482 bits per heavy atom. The van der Waals surface area contributed by atoms with Crippen molar-refractivity contribution in [3.63, 3.8) is 0 Å². The number of hydrogen-bond donors (Lipinski definition) is 17. The van der Waals surface area contributed by atoms with E-state index in [1.807, 2.05) is 0 Å². The fourth-order valence-corrected chi connectivity index (χ4v) is 6.63. The number of thiocarbonyl (C=S) groups is 1. The van der Waals surface area contributed by atoms with Gasteiger partial charge in [-0.1, -0.05) is 0 Å². The van der Waals surface area contributed by atoms with Gasteiger partial charge in [-0.05, 0) is 12.2 Å². The van der Waals surface area contributed by atoms with Crippen molar-refractivity contribution in [2.45, 2.75) is 128 Å². The lowest BCUT2D eigenvalue weighted by Crippen LogP contribution is -2.66. The molecule has 0 aromatic carbocycles. The van der Waals surface area contributed by atoms with Gasteiger partial charge in [0.05, 0.1) is 39.6 Å². The minimum Gasteiger partial charge on any atom is -0.394 e. The maximum absolute atomic E-state index is 10.7. The summed E-state index contributed by atoms with van der Waals surface area (Å²) in [6.45, 7) is -5.25. The molecule has 0 radical (unpaired) electrons. The van der Waals surface area contributed by atoms with Gasteiger partial charge < -0.3 is 125 Å². The zero-order valence-electron chi connectivity index (χ0n) is 29.9. The Kier molecular flexibility index (Phi) is 17.7. The smallest absolute Gasteiger partial charge is 0.186 e. The van der Waals surface area contributed by atoms with E-state index in [2.05, 4.69) is 10.6 Å². The first-order valence-electron chi connectivity index (χ1n) is 17.5. The minimum absolute atomic E-state index is 0.345. The zero-order chi connectivity index (χ0) is 41.6. The molecule has 25 nitrogen and oxygen atoms in total. The molecule has 56 heavy (non-hydrogen) atoms. The lowest BCUT2D eigenvalue weighted by atomic mass is 9.98. The molecule has 4 aliphatic rings. The van der Waals surface area contributed by atoms with Gasteiger partial charge in [0.1, 0.15) is 103 Å². The second-order valence-corrected chi connectivity index (χ2v) is 14.3. The normalized spacial score (nSPS) is 45.0. The average molecular weight is 843 g/mol. The Labute approximate surface area is 324 Å². The molecule has 0 spiro atoms. The van der Waals surface area contributed by atoms with Crippen molar-refractivity contribution < 1.29 is 114 Å². The van der Waals surface area contributed by atoms with Crippen molar-refractivity contribution in [2.75, 3.05) is 53.3 Å². The largest absolute Gasteiger partial charge is 0.394 e. The van der Waals surface area contributed by atoms with E-state index in [9.17, 15) is 76.6 Å². The highest BCUT2D eigenvalue weighted by Crippen LogP contribution is 2.28. The Bertz CT molecular complexity index is 1110. The number of hydrogen-bond acceptors (Lipinski definition) is 24. The molecule has 20 atom stereocenters. The van der Waals surface area contributed by atoms with E-state index >= 15 is 0 Å². The quantitative estimate of drug-likeness (QED) is 0.0641. The lowest BCUT2D eigenvalue weighted by Gasteiger charge is -2.45. The van der Waals surface area contributed by atoms with Crippen LogP contribution in [-0.4, -0.2) is 263 Å². The van der Waals surface area contributed by atoms with E-state index in [0.717, 1.165) is 0 Å². The summed E-state index contributed by atoms with van der Waals surface area (Å²) in [4.78, 5) is 0. The fraction of sp³-hybridized carbons (Fsp3) is 0.967. The molecule has 4 fully saturated rings. The molecule has 0 amide bonds. The Hall–Kier alpha value is -1.23. The van der Waals surface area contributed by atoms with Crippen LogP contribution in [0.25, 0.3) is 0 Å². The molecule has 0 aromatic heterocycles. The van der Waals surface area contributed by atoms with E-state index < -0.39 is 168 Å². The predicted molar refractivity (Wildman–Crippen MR) is 179 cm³/mol. The monoisotopic (exact) mass is 842 g/mol. The third-order valence-electron chi connectivity index (χ3n) is 9.86. The third kappa shape index (κ3) is 10.7. The fourth-order valence-electron chi connectivity index (χ4n) is 6.33. The van der Waals surface area contributed by atoms with E-state index in [0.29, 0.717) is 0 Å². The van der Waals surface area contributed by atoms with E-state index in [4.69, 9.17) is 50.1 Å². The van der Waals surface area contributed by atoms with Crippen LogP contribution in [-0.2, 0) is 37.9 Å². The number of rotatable bonds is 16. The Morgan fingerprint density at radius 3 is 1.11 bits per heavy atom. The number of nitrogens with one attached hydrogen (secondary N) is 2. The maximum Gasteiger partial charge on any atom is 0.186 e. The molecule has 26 heteroatoms. The van der Waals surface area contributed by atoms with Crippen molar-refractivity contribution in [1.29, 1.82) is 0 Å². The Morgan fingerprint density at radius 2 is 0.786 bits per heavy atom. The highest BCUT2D eigenvalue weighted by atomic mass is 32.1. The summed E-state index contributed by atoms with van der Waals surface area (Å²) < 4.78 is 44.3. The van der Waals surface area contributed by atoms with Gasteiger partial charge in [-0.15, -0.1) is 0 Å². The van der Waals surface area contributed by atoms with Gasteiger partial charge in [0.2, 0.25) is 0 Å². The van der Waals surface area contributed by atoms with Gasteiger partial charge >= 0.3 is 0 Å². The van der Waals surface area contributed by atoms with Crippen molar-refractivity contribution in [1.82, 2.24) is 10.6 Å². The molecule has 0 saturated carbocycles. The van der Waals surface area contributed by atoms with E-state index in [1.165, 1.54) is 7.11 Å². The molecule has 4 heterocycles. The third-order valence-corrected chi connectivity index (χ3v) is 10.1. The standard InChI is InChI=1S/C30H54N2O23S/c1-48-25-21(44)17(40)13(36)9(52-25)2-31-29(56)32-30(6-49-26-22(45)18(41)14(37)10(3-33)53-26,7-50-27-23(46)19(42)15(38)11(4-34)54-27)8-51-28-24(47)20(43)16(39)12(5-35)55-28/h9-28,33-47H,2-8H2,1H3,(H2,31,32,56)/t9-,10-,11-,12-,13-,14-,15-,16-,17+,18+,19+,20+,21-,22+,23+,24+,25+,26+,27+,28+/m1/s1. The molecular formula is C30H54N2O23S. The van der Waals surface area contributed by atoms with Gasteiger partial charge in [-0.2, -0.15) is 0 Å². The van der Waals surface area contributed by atoms with Crippen molar-refractivity contribution in [3.8, 4) is 0 Å². The van der Waals surface area contributed by atoms with Crippen LogP contribution in [0.5, 0.6) is 0 Å². The van der Waals surface area contributed by atoms with Gasteiger partial charge in [-0.25, -0.2) is 0 Å². The highest BCUT2D eigenvalue weighted by Gasteiger charge is 2.50. The Balaban J connectivity index is 1.65. The predicted octanol–water partition coefficient (Wildman–Crippen LogP) is -10.9. The topological polar surface area (TPSA) is 401 Å². The van der Waals surface area contributed by atoms with Crippen LogP contribution in [0.4, 0.5) is 0 Å². The SMILES string of the molecule is CO[C@H]1O[C@H](CNC(=S)NC(CO[C@H]2O[C@H](CO)[C@@H](O)[C@H](O)[C@@H]2O)(CO[C@H]2O[C@H](CO)[C@@H](O)[C@H](O)[C@@H]2O)CO[C@H]2O[C@H](CO)[C@@H](O)[C@H](O)[C@@H]2O)[C@@H](O)[C@H](O)[C@H]1O. The summed E-state index contributed by atoms with van der Waals surface area (Å²) in [6.07, 6.45) is -34.0. The maximum atomic E-state index is 10.7. The number of aliphatic hydroxyl groups excluding tert-OH is 15. The molecular weight excluding hydrogens is 788 g/mol. The minimum atomic E-state index is -2.02. The molecule has 0 unspecified atom stereocenters. The molecule has 0 bridgehead atoms. The van der Waals surface area contributed by atoms with Gasteiger partial charge in [0, 0.05) is 13.7 Å². The summed E-state index contributed by atoms with van der Waals surface area (Å²) >= 11 is 5.49. The lowest BCUT2D eigenvalue weighted by molar-refractivity contribution is -0.323. The zero-order valence-corrected chi connectivity index (χ0v) is 30.7. The number of methoxy groups -OCH3 is 1. The van der Waals surface area contributed by atoms with E-state index in [1.54, 1.807) is 0 Å². The summed E-state index contributed by atoms with van der Waals surface area (Å²) in [5.41, 5.74) is -2.02. The first-order valence-corrected chi connectivity index (χ1v) is 17.9. The van der Waals surface area contributed by atoms with Crippen LogP contribution in [0, 0.1) is 0 Å². The van der Waals surface area contributed by atoms with Crippen LogP contribution in [0.15, 0.2) is 0 Å². The van der Waals surface area contributed by atoms with Crippen LogP contribution in [0.3, 0.4) is 0 Å². The van der Waals surface area contributed by atoms with Crippen LogP contribution in [0.1, 0.15) is 0 Å². The van der Waals surface area contributed by atoms with Crippen LogP contribution >= 0.6 is 12.2 Å². The second-order valence-electron chi connectivity index (χ2n) is 13.9. The van der Waals surface area contributed by atoms with Crippen molar-refractivity contribution >= 4 is 17.3 Å². The molecule has 4 aliphatic heterocycles. The van der Waals surface area contributed by atoms with Crippen LogP contribution < -0.4 is 10.6 Å². The van der Waals surface area contributed by atoms with Crippen molar-refractivity contribution in [3.05, 3.63) is 0 Å². The van der Waals surface area contributed by atoms with Gasteiger partial charge in [-0.3, -0.25) is 0 Å². The first kappa shape index (κ1) is 47.4. The van der Waals surface area contributed by atoms with Gasteiger partial charge in [0.15, 0.2) is 30.3 Å². The average Bonchev–Trinajstić information content (AvgIpc) is 3.19. The van der Waals surface area contributed by atoms with Crippen molar-refractivity contribution in [2.24, 2.45) is 0 Å². The number of aliphatic hydroxyl groups is 15. The number of ether oxygens (including phenoxy) is 8. The summed E-state index contributed by atoms with van der Waals surface area (Å²) in [5.74, 6) is 0. The highest BCUT2D eigenvalue weighted by molar-refractivity contribution is 7.80. The summed E-state index contributed by atoms with van der Waals surface area (Å²) in [6, 6.07) is 0. The molecule has 328 valence electrons. The molecule has 17 N–H and O–H groups in total. The van der Waals surface area contributed by atoms with E-state index in [-0.39, 0.29) is 11.7 Å². The first-order chi connectivity index (χ1) is 26.4. The molecule has 4 saturated heterocycles. The second kappa shape index (κ2) is 20.8. The molecule has 4 rings (SSSR count). The summed E-state index contributed by atoms with van der Waals surface area (Å²) in [7, 11) is 1.18. The molecule has 0 aromatic rings. The molecule has 0 aliphatic carbocycles.